The first kappa shape index (κ1) is 19.9. The molecule has 6 nitrogen and oxygen atoms in total. The number of benzene rings is 1. The van der Waals surface area contributed by atoms with Crippen LogP contribution in [0.4, 0.5) is 0 Å². The molecule has 0 spiro atoms. The molecule has 2 atom stereocenters. The quantitative estimate of drug-likeness (QED) is 0.456. The summed E-state index contributed by atoms with van der Waals surface area (Å²) in [6, 6.07) is 7.85. The molecule has 0 amide bonds. The Labute approximate surface area is 142 Å². The summed E-state index contributed by atoms with van der Waals surface area (Å²) in [6.07, 6.45) is 2.21. The summed E-state index contributed by atoms with van der Waals surface area (Å²) < 4.78 is 5.48. The maximum Gasteiger partial charge on any atom is 0.369 e. The first-order valence-electron chi connectivity index (χ1n) is 8.36. The Morgan fingerprint density at radius 3 is 2.12 bits per heavy atom. The van der Waals surface area contributed by atoms with Crippen LogP contribution >= 0.6 is 0 Å². The predicted octanol–water partition coefficient (Wildman–Crippen LogP) is 4.77. The normalized spacial score (nSPS) is 14.0. The molecule has 0 bridgehead atoms. The standard InChI is InChI=1S/C18H26N2O4/c1-5-14(4)11-12-16(13(2)3)24-17(21)18(19-22,20-23)15-9-7-6-8-10-15/h6-10,13-14,16H,5,11-12H2,1-4H3. The van der Waals surface area contributed by atoms with E-state index in [1.54, 1.807) is 18.2 Å². The molecule has 0 heterocycles. The smallest absolute Gasteiger partial charge is 0.369 e. The molecule has 0 saturated carbocycles. The zero-order valence-corrected chi connectivity index (χ0v) is 14.8. The van der Waals surface area contributed by atoms with Gasteiger partial charge in [-0.15, -0.1) is 9.81 Å². The molecular formula is C18H26N2O4. The van der Waals surface area contributed by atoms with Crippen molar-refractivity contribution in [2.45, 2.75) is 58.7 Å². The lowest BCUT2D eigenvalue weighted by atomic mass is 9.95. The molecule has 0 aliphatic carbocycles. The van der Waals surface area contributed by atoms with E-state index in [-0.39, 0.29) is 11.5 Å². The van der Waals surface area contributed by atoms with E-state index in [0.29, 0.717) is 12.3 Å². The number of nitroso groups, excluding NO2 is 2. The Bertz CT molecular complexity index is 537. The molecule has 0 aromatic heterocycles. The van der Waals surface area contributed by atoms with Crippen molar-refractivity contribution in [2.24, 2.45) is 22.2 Å². The lowest BCUT2D eigenvalue weighted by Crippen LogP contribution is -2.37. The van der Waals surface area contributed by atoms with Crippen LogP contribution in [0, 0.1) is 21.6 Å². The van der Waals surface area contributed by atoms with Crippen LogP contribution < -0.4 is 0 Å². The van der Waals surface area contributed by atoms with Crippen LogP contribution in [0.3, 0.4) is 0 Å². The molecule has 132 valence electrons. The van der Waals surface area contributed by atoms with Crippen molar-refractivity contribution in [3.05, 3.63) is 45.7 Å². The second-order valence-electron chi connectivity index (χ2n) is 6.50. The van der Waals surface area contributed by atoms with Gasteiger partial charge >= 0.3 is 11.6 Å². The van der Waals surface area contributed by atoms with Gasteiger partial charge in [-0.25, -0.2) is 4.79 Å². The van der Waals surface area contributed by atoms with Crippen molar-refractivity contribution in [3.63, 3.8) is 0 Å². The molecule has 0 saturated heterocycles. The van der Waals surface area contributed by atoms with Crippen LogP contribution in [0.15, 0.2) is 40.7 Å². The zero-order chi connectivity index (χ0) is 18.2. The monoisotopic (exact) mass is 334 g/mol. The van der Waals surface area contributed by atoms with Gasteiger partial charge in [0.15, 0.2) is 0 Å². The number of hydrogen-bond acceptors (Lipinski definition) is 6. The van der Waals surface area contributed by atoms with E-state index in [4.69, 9.17) is 4.74 Å². The molecule has 0 radical (unpaired) electrons. The largest absolute Gasteiger partial charge is 0.458 e. The number of rotatable bonds is 10. The van der Waals surface area contributed by atoms with E-state index in [0.717, 1.165) is 12.8 Å². The van der Waals surface area contributed by atoms with Gasteiger partial charge in [0, 0.05) is 5.56 Å². The lowest BCUT2D eigenvalue weighted by molar-refractivity contribution is -0.158. The Kier molecular flexibility index (Phi) is 7.68. The van der Waals surface area contributed by atoms with E-state index < -0.39 is 17.7 Å². The highest BCUT2D eigenvalue weighted by Gasteiger charge is 2.47. The minimum Gasteiger partial charge on any atom is -0.458 e. The van der Waals surface area contributed by atoms with E-state index in [1.165, 1.54) is 12.1 Å². The highest BCUT2D eigenvalue weighted by molar-refractivity contribution is 5.82. The zero-order valence-electron chi connectivity index (χ0n) is 14.8. The second-order valence-corrected chi connectivity index (χ2v) is 6.50. The minimum atomic E-state index is -2.38. The third-order valence-electron chi connectivity index (χ3n) is 4.37. The first-order chi connectivity index (χ1) is 11.4. The van der Waals surface area contributed by atoms with Gasteiger partial charge in [0.2, 0.25) is 0 Å². The van der Waals surface area contributed by atoms with Crippen molar-refractivity contribution in [2.75, 3.05) is 0 Å². The van der Waals surface area contributed by atoms with E-state index >= 15 is 0 Å². The van der Waals surface area contributed by atoms with Crippen molar-refractivity contribution >= 4 is 5.97 Å². The van der Waals surface area contributed by atoms with Gasteiger partial charge in [-0.2, -0.15) is 0 Å². The minimum absolute atomic E-state index is 0.0600. The number of carbonyl (C=O) groups excluding carboxylic acids is 1. The highest BCUT2D eigenvalue weighted by atomic mass is 16.6. The van der Waals surface area contributed by atoms with Gasteiger partial charge in [-0.1, -0.05) is 64.4 Å². The summed E-state index contributed by atoms with van der Waals surface area (Å²) >= 11 is 0. The third-order valence-corrected chi connectivity index (χ3v) is 4.37. The first-order valence-corrected chi connectivity index (χ1v) is 8.36. The fourth-order valence-electron chi connectivity index (χ4n) is 2.39. The maximum atomic E-state index is 12.5. The molecule has 1 aromatic rings. The Hall–Kier alpha value is -2.11. The fourth-order valence-corrected chi connectivity index (χ4v) is 2.39. The number of esters is 1. The molecule has 0 fully saturated rings. The number of nitrogens with zero attached hydrogens (tertiary/aromatic N) is 2. The van der Waals surface area contributed by atoms with Crippen LogP contribution in [0.25, 0.3) is 0 Å². The third kappa shape index (κ3) is 4.69. The summed E-state index contributed by atoms with van der Waals surface area (Å²) in [5.74, 6) is -0.441. The molecule has 0 aliphatic heterocycles. The summed E-state index contributed by atoms with van der Waals surface area (Å²) in [5, 5.41) is 5.46. The number of ether oxygens (including phenoxy) is 1. The molecule has 0 N–H and O–H groups in total. The summed E-state index contributed by atoms with van der Waals surface area (Å²) in [6.45, 7) is 8.10. The number of carbonyl (C=O) groups is 1. The predicted molar refractivity (Wildman–Crippen MR) is 93.1 cm³/mol. The van der Waals surface area contributed by atoms with Crippen LogP contribution in [-0.4, -0.2) is 12.1 Å². The fraction of sp³-hybridized carbons (Fsp3) is 0.611. The summed E-state index contributed by atoms with van der Waals surface area (Å²) in [4.78, 5) is 35.2. The second kappa shape index (κ2) is 9.25. The highest BCUT2D eigenvalue weighted by Crippen LogP contribution is 2.31. The SMILES string of the molecule is CCC(C)CCC(OC(=O)C(N=O)(N=O)c1ccccc1)C(C)C. The molecule has 0 aliphatic rings. The summed E-state index contributed by atoms with van der Waals surface area (Å²) in [5.41, 5.74) is -2.27. The van der Waals surface area contributed by atoms with Gasteiger partial charge < -0.3 is 4.74 Å². The van der Waals surface area contributed by atoms with Crippen LogP contribution in [0.2, 0.25) is 0 Å². The summed E-state index contributed by atoms with van der Waals surface area (Å²) in [7, 11) is 0. The number of hydrogen-bond donors (Lipinski definition) is 0. The molecule has 2 unspecified atom stereocenters. The van der Waals surface area contributed by atoms with Crippen LogP contribution in [-0.2, 0) is 15.2 Å². The van der Waals surface area contributed by atoms with E-state index in [2.05, 4.69) is 24.2 Å². The molecule has 6 heteroatoms. The molecule has 1 rings (SSSR count). The average Bonchev–Trinajstić information content (AvgIpc) is 2.60. The average molecular weight is 334 g/mol. The van der Waals surface area contributed by atoms with Crippen LogP contribution in [0.1, 0.15) is 52.5 Å². The molecular weight excluding hydrogens is 308 g/mol. The van der Waals surface area contributed by atoms with E-state index in [1.807, 2.05) is 13.8 Å². The maximum absolute atomic E-state index is 12.5. The van der Waals surface area contributed by atoms with Crippen LogP contribution in [0.5, 0.6) is 0 Å². The topological polar surface area (TPSA) is 85.2 Å². The van der Waals surface area contributed by atoms with Gasteiger partial charge in [0.25, 0.3) is 0 Å². The Morgan fingerprint density at radius 2 is 1.67 bits per heavy atom. The lowest BCUT2D eigenvalue weighted by Gasteiger charge is -2.26. The van der Waals surface area contributed by atoms with Crippen molar-refractivity contribution in [1.29, 1.82) is 0 Å². The van der Waals surface area contributed by atoms with Crippen molar-refractivity contribution in [1.82, 2.24) is 0 Å². The molecule has 1 aromatic carbocycles. The van der Waals surface area contributed by atoms with Gasteiger partial charge in [0.1, 0.15) is 6.10 Å². The van der Waals surface area contributed by atoms with Gasteiger partial charge in [-0.3, -0.25) is 0 Å². The molecule has 24 heavy (non-hydrogen) atoms. The van der Waals surface area contributed by atoms with E-state index in [9.17, 15) is 14.6 Å². The van der Waals surface area contributed by atoms with Gasteiger partial charge in [0.05, 0.1) is 0 Å². The Balaban J connectivity index is 2.98. The van der Waals surface area contributed by atoms with Crippen molar-refractivity contribution in [3.8, 4) is 0 Å². The van der Waals surface area contributed by atoms with Gasteiger partial charge in [-0.05, 0) is 35.0 Å². The van der Waals surface area contributed by atoms with Crippen molar-refractivity contribution < 1.29 is 9.53 Å². The Morgan fingerprint density at radius 1 is 1.08 bits per heavy atom.